The van der Waals surface area contributed by atoms with Gasteiger partial charge in [0.2, 0.25) is 5.91 Å². The Morgan fingerprint density at radius 3 is 2.48 bits per heavy atom. The molecule has 0 spiro atoms. The van der Waals surface area contributed by atoms with Crippen molar-refractivity contribution in [2.24, 2.45) is 0 Å². The first-order chi connectivity index (χ1) is 14.1. The van der Waals surface area contributed by atoms with Gasteiger partial charge in [0.1, 0.15) is 0 Å². The van der Waals surface area contributed by atoms with E-state index in [0.29, 0.717) is 19.5 Å². The van der Waals surface area contributed by atoms with Gasteiger partial charge in [-0.15, -0.1) is 0 Å². The van der Waals surface area contributed by atoms with E-state index in [2.05, 4.69) is 41.0 Å². The number of allylic oxidation sites excluding steroid dienone is 2. The molecule has 158 valence electrons. The molecular formula is C23H33N3O3. The molecule has 1 heterocycles. The molecule has 29 heavy (non-hydrogen) atoms. The van der Waals surface area contributed by atoms with Gasteiger partial charge in [-0.25, -0.2) is 4.79 Å². The van der Waals surface area contributed by atoms with Crippen molar-refractivity contribution < 1.29 is 14.7 Å². The summed E-state index contributed by atoms with van der Waals surface area (Å²) in [5.74, 6) is -0.0372. The average Bonchev–Trinajstić information content (AvgIpc) is 3.26. The summed E-state index contributed by atoms with van der Waals surface area (Å²) in [6, 6.07) is 7.87. The lowest BCUT2D eigenvalue weighted by Crippen LogP contribution is -2.70. The molecule has 0 bridgehead atoms. The van der Waals surface area contributed by atoms with Crippen LogP contribution in [0.25, 0.3) is 5.57 Å². The zero-order chi connectivity index (χ0) is 20.8. The number of likely N-dealkylation sites (tertiary alicyclic amines) is 1. The van der Waals surface area contributed by atoms with Gasteiger partial charge in [-0.3, -0.25) is 4.79 Å². The highest BCUT2D eigenvalue weighted by atomic mass is 16.3. The van der Waals surface area contributed by atoms with Gasteiger partial charge in [0.05, 0.1) is 18.7 Å². The predicted molar refractivity (Wildman–Crippen MR) is 115 cm³/mol. The first-order valence-corrected chi connectivity index (χ1v) is 10.8. The number of amides is 3. The fraction of sp³-hybridized carbons (Fsp3) is 0.565. The SMILES string of the molecule is CCCNC(=O)N1[C@H](CNC(=O)CC)[C@H](c2ccc(C3=CCCC3)cc2)[C@@H]1CO. The van der Waals surface area contributed by atoms with Crippen LogP contribution in [-0.4, -0.2) is 53.7 Å². The van der Waals surface area contributed by atoms with Gasteiger partial charge in [-0.2, -0.15) is 0 Å². The quantitative estimate of drug-likeness (QED) is 0.628. The number of nitrogens with zero attached hydrogens (tertiary/aromatic N) is 1. The van der Waals surface area contributed by atoms with Crippen LogP contribution in [0.5, 0.6) is 0 Å². The molecule has 0 unspecified atom stereocenters. The third-order valence-corrected chi connectivity index (χ3v) is 6.03. The van der Waals surface area contributed by atoms with Gasteiger partial charge in [-0.1, -0.05) is 44.2 Å². The number of hydrogen-bond acceptors (Lipinski definition) is 3. The molecule has 6 heteroatoms. The maximum Gasteiger partial charge on any atom is 0.318 e. The number of benzene rings is 1. The molecule has 3 rings (SSSR count). The summed E-state index contributed by atoms with van der Waals surface area (Å²) < 4.78 is 0. The van der Waals surface area contributed by atoms with E-state index in [1.54, 1.807) is 4.90 Å². The molecule has 1 aliphatic heterocycles. The van der Waals surface area contributed by atoms with Gasteiger partial charge in [0.25, 0.3) is 0 Å². The van der Waals surface area contributed by atoms with Crippen molar-refractivity contribution in [2.75, 3.05) is 19.7 Å². The summed E-state index contributed by atoms with van der Waals surface area (Å²) in [4.78, 5) is 26.2. The maximum absolute atomic E-state index is 12.7. The average molecular weight is 400 g/mol. The normalized spacial score (nSPS) is 23.3. The van der Waals surface area contributed by atoms with Crippen LogP contribution >= 0.6 is 0 Å². The van der Waals surface area contributed by atoms with Crippen molar-refractivity contribution >= 4 is 17.5 Å². The third-order valence-electron chi connectivity index (χ3n) is 6.03. The molecule has 0 saturated carbocycles. The highest BCUT2D eigenvalue weighted by molar-refractivity contribution is 5.78. The second-order valence-corrected chi connectivity index (χ2v) is 7.88. The van der Waals surface area contributed by atoms with Crippen LogP contribution in [0.3, 0.4) is 0 Å². The second-order valence-electron chi connectivity index (χ2n) is 7.88. The van der Waals surface area contributed by atoms with E-state index in [0.717, 1.165) is 24.8 Å². The summed E-state index contributed by atoms with van der Waals surface area (Å²) in [5.41, 5.74) is 3.75. The van der Waals surface area contributed by atoms with Crippen LogP contribution in [0.4, 0.5) is 4.79 Å². The molecule has 3 atom stereocenters. The van der Waals surface area contributed by atoms with Crippen molar-refractivity contribution in [3.63, 3.8) is 0 Å². The molecule has 1 saturated heterocycles. The van der Waals surface area contributed by atoms with Gasteiger partial charge in [-0.05, 0) is 42.4 Å². The minimum atomic E-state index is -0.285. The zero-order valence-electron chi connectivity index (χ0n) is 17.5. The number of carbonyl (C=O) groups excluding carboxylic acids is 2. The smallest absolute Gasteiger partial charge is 0.318 e. The Balaban J connectivity index is 1.79. The van der Waals surface area contributed by atoms with Gasteiger partial charge in [0, 0.05) is 25.4 Å². The highest BCUT2D eigenvalue weighted by Gasteiger charge is 2.51. The lowest BCUT2D eigenvalue weighted by atomic mass is 9.75. The number of nitrogens with one attached hydrogen (secondary N) is 2. The molecule has 0 radical (unpaired) electrons. The molecule has 3 N–H and O–H groups in total. The fourth-order valence-corrected chi connectivity index (χ4v) is 4.44. The molecule has 2 aliphatic rings. The Morgan fingerprint density at radius 1 is 1.14 bits per heavy atom. The van der Waals surface area contributed by atoms with Gasteiger partial charge < -0.3 is 20.6 Å². The topological polar surface area (TPSA) is 81.7 Å². The summed E-state index contributed by atoms with van der Waals surface area (Å²) in [7, 11) is 0. The number of hydrogen-bond donors (Lipinski definition) is 3. The molecule has 0 aromatic heterocycles. The number of carbonyl (C=O) groups is 2. The van der Waals surface area contributed by atoms with E-state index in [1.807, 2.05) is 13.8 Å². The van der Waals surface area contributed by atoms with Gasteiger partial charge in [0.15, 0.2) is 0 Å². The monoisotopic (exact) mass is 399 g/mol. The van der Waals surface area contributed by atoms with Crippen LogP contribution in [-0.2, 0) is 4.79 Å². The number of urea groups is 1. The van der Waals surface area contributed by atoms with Gasteiger partial charge >= 0.3 is 6.03 Å². The Bertz CT molecular complexity index is 744. The largest absolute Gasteiger partial charge is 0.394 e. The van der Waals surface area contributed by atoms with E-state index >= 15 is 0 Å². The lowest BCUT2D eigenvalue weighted by Gasteiger charge is -2.54. The van der Waals surface area contributed by atoms with Crippen LogP contribution in [0.1, 0.15) is 63.0 Å². The Labute approximate surface area is 173 Å². The zero-order valence-corrected chi connectivity index (χ0v) is 17.5. The minimum absolute atomic E-state index is 0.00357. The van der Waals surface area contributed by atoms with Crippen molar-refractivity contribution in [1.29, 1.82) is 0 Å². The summed E-state index contributed by atoms with van der Waals surface area (Å²) in [6.07, 6.45) is 7.05. The van der Waals surface area contributed by atoms with E-state index in [1.165, 1.54) is 17.6 Å². The second kappa shape index (κ2) is 9.92. The molecule has 1 aromatic carbocycles. The first kappa shape index (κ1) is 21.4. The Kier molecular flexibility index (Phi) is 7.31. The minimum Gasteiger partial charge on any atom is -0.394 e. The van der Waals surface area contributed by atoms with E-state index < -0.39 is 0 Å². The van der Waals surface area contributed by atoms with Crippen LogP contribution < -0.4 is 10.6 Å². The Morgan fingerprint density at radius 2 is 1.90 bits per heavy atom. The van der Waals surface area contributed by atoms with Crippen molar-refractivity contribution in [3.05, 3.63) is 41.5 Å². The Hall–Kier alpha value is -2.34. The van der Waals surface area contributed by atoms with Crippen LogP contribution in [0.15, 0.2) is 30.3 Å². The molecule has 1 aliphatic carbocycles. The maximum atomic E-state index is 12.7. The van der Waals surface area contributed by atoms with Crippen molar-refractivity contribution in [1.82, 2.24) is 15.5 Å². The van der Waals surface area contributed by atoms with Crippen molar-refractivity contribution in [2.45, 2.75) is 64.0 Å². The highest BCUT2D eigenvalue weighted by Crippen LogP contribution is 2.41. The third kappa shape index (κ3) is 4.64. The van der Waals surface area contributed by atoms with E-state index in [-0.39, 0.29) is 36.5 Å². The molecular weight excluding hydrogens is 366 g/mol. The first-order valence-electron chi connectivity index (χ1n) is 10.8. The fourth-order valence-electron chi connectivity index (χ4n) is 4.44. The predicted octanol–water partition coefficient (Wildman–Crippen LogP) is 3.03. The number of aliphatic hydroxyl groups is 1. The van der Waals surface area contributed by atoms with E-state index in [9.17, 15) is 14.7 Å². The van der Waals surface area contributed by atoms with Crippen LogP contribution in [0.2, 0.25) is 0 Å². The summed E-state index contributed by atoms with van der Waals surface area (Å²) >= 11 is 0. The summed E-state index contributed by atoms with van der Waals surface area (Å²) in [5, 5.41) is 15.8. The number of rotatable bonds is 8. The number of aliphatic hydroxyl groups excluding tert-OH is 1. The molecule has 1 fully saturated rings. The summed E-state index contributed by atoms with van der Waals surface area (Å²) in [6.45, 7) is 4.70. The van der Waals surface area contributed by atoms with E-state index in [4.69, 9.17) is 0 Å². The van der Waals surface area contributed by atoms with Crippen molar-refractivity contribution in [3.8, 4) is 0 Å². The lowest BCUT2D eigenvalue weighted by molar-refractivity contribution is -0.121. The standard InChI is InChI=1S/C23H33N3O3/c1-3-13-24-23(29)26-19(14-25-21(28)4-2)22(20(26)15-27)18-11-9-17(10-12-18)16-7-5-6-8-16/h7,9-12,19-20,22,27H,3-6,8,13-15H2,1-2H3,(H,24,29)(H,25,28)/t19-,20+,22+/m1/s1. The van der Waals surface area contributed by atoms with Crippen LogP contribution in [0, 0.1) is 0 Å². The molecule has 3 amide bonds. The molecule has 1 aromatic rings. The molecule has 6 nitrogen and oxygen atoms in total.